The minimum absolute atomic E-state index is 0.141. The van der Waals surface area contributed by atoms with Gasteiger partial charge in [0.05, 0.1) is 16.7 Å². The Labute approximate surface area is 114 Å². The fourth-order valence-corrected chi connectivity index (χ4v) is 2.02. The molecule has 0 aliphatic carbocycles. The zero-order valence-corrected chi connectivity index (χ0v) is 10.7. The Bertz CT molecular complexity index is 724. The molecule has 0 fully saturated rings. The summed E-state index contributed by atoms with van der Waals surface area (Å²) in [6.45, 7) is 0.535. The molecule has 0 spiro atoms. The lowest BCUT2D eigenvalue weighted by atomic mass is 10.2. The van der Waals surface area contributed by atoms with Crippen molar-refractivity contribution in [2.75, 3.05) is 5.32 Å². The Hall–Kier alpha value is -2.07. The maximum absolute atomic E-state index is 13.3. The van der Waals surface area contributed by atoms with E-state index in [0.717, 1.165) is 22.2 Å². The number of aromatic amines is 1. The van der Waals surface area contributed by atoms with E-state index in [4.69, 9.17) is 11.6 Å². The van der Waals surface area contributed by atoms with Gasteiger partial charge in [0, 0.05) is 17.6 Å². The molecule has 3 rings (SSSR count). The van der Waals surface area contributed by atoms with E-state index in [9.17, 15) is 4.39 Å². The molecule has 96 valence electrons. The number of hydrogen-bond donors (Lipinski definition) is 2. The molecule has 0 bridgehead atoms. The van der Waals surface area contributed by atoms with Crippen LogP contribution in [0.25, 0.3) is 10.9 Å². The van der Waals surface area contributed by atoms with Gasteiger partial charge in [0.1, 0.15) is 5.82 Å². The van der Waals surface area contributed by atoms with Gasteiger partial charge in [0.2, 0.25) is 0 Å². The lowest BCUT2D eigenvalue weighted by Crippen LogP contribution is -1.99. The number of fused-ring (bicyclic) bond motifs is 1. The summed E-state index contributed by atoms with van der Waals surface area (Å²) in [5.41, 5.74) is 2.76. The Morgan fingerprint density at radius 1 is 1.21 bits per heavy atom. The summed E-state index contributed by atoms with van der Waals surface area (Å²) in [7, 11) is 0. The van der Waals surface area contributed by atoms with Gasteiger partial charge < -0.3 is 5.32 Å². The molecule has 0 atom stereocenters. The summed E-state index contributed by atoms with van der Waals surface area (Å²) in [5.74, 6) is -0.398. The van der Waals surface area contributed by atoms with E-state index >= 15 is 0 Å². The van der Waals surface area contributed by atoms with Crippen LogP contribution < -0.4 is 5.32 Å². The maximum atomic E-state index is 13.3. The van der Waals surface area contributed by atoms with Crippen molar-refractivity contribution in [1.29, 1.82) is 0 Å². The molecule has 2 N–H and O–H groups in total. The van der Waals surface area contributed by atoms with Gasteiger partial charge in [-0.1, -0.05) is 17.7 Å². The molecule has 1 aromatic heterocycles. The predicted octanol–water partition coefficient (Wildman–Crippen LogP) is 3.97. The Kier molecular flexibility index (Phi) is 3.09. The van der Waals surface area contributed by atoms with Crippen molar-refractivity contribution < 1.29 is 4.39 Å². The van der Waals surface area contributed by atoms with Crippen molar-refractivity contribution in [3.8, 4) is 0 Å². The minimum atomic E-state index is -0.398. The van der Waals surface area contributed by atoms with Gasteiger partial charge in [-0.2, -0.15) is 5.10 Å². The van der Waals surface area contributed by atoms with E-state index < -0.39 is 5.82 Å². The quantitative estimate of drug-likeness (QED) is 0.759. The molecule has 19 heavy (non-hydrogen) atoms. The smallest absolute Gasteiger partial charge is 0.142 e. The van der Waals surface area contributed by atoms with E-state index in [-0.39, 0.29) is 5.02 Å². The largest absolute Gasteiger partial charge is 0.381 e. The maximum Gasteiger partial charge on any atom is 0.142 e. The summed E-state index contributed by atoms with van der Waals surface area (Å²) in [6.07, 6.45) is 1.77. The van der Waals surface area contributed by atoms with Crippen molar-refractivity contribution in [2.24, 2.45) is 0 Å². The molecule has 0 unspecified atom stereocenters. The second kappa shape index (κ2) is 4.90. The zero-order chi connectivity index (χ0) is 13.2. The number of halogens is 2. The molecule has 0 aliphatic heterocycles. The summed E-state index contributed by atoms with van der Waals surface area (Å²) < 4.78 is 13.3. The van der Waals surface area contributed by atoms with E-state index in [1.54, 1.807) is 18.3 Å². The molecule has 0 saturated carbocycles. The summed E-state index contributed by atoms with van der Waals surface area (Å²) >= 11 is 5.64. The van der Waals surface area contributed by atoms with Gasteiger partial charge in [-0.3, -0.25) is 5.10 Å². The number of aromatic nitrogens is 2. The summed E-state index contributed by atoms with van der Waals surface area (Å²) in [5, 5.41) is 11.3. The molecular weight excluding hydrogens is 265 g/mol. The molecule has 0 radical (unpaired) electrons. The molecule has 0 aliphatic rings. The fraction of sp³-hybridized carbons (Fsp3) is 0.0714. The summed E-state index contributed by atoms with van der Waals surface area (Å²) in [6, 6.07) is 10.7. The zero-order valence-electron chi connectivity index (χ0n) is 9.95. The lowest BCUT2D eigenvalue weighted by molar-refractivity contribution is 0.626. The fourth-order valence-electron chi connectivity index (χ4n) is 1.90. The summed E-state index contributed by atoms with van der Waals surface area (Å²) in [4.78, 5) is 0. The first kappa shape index (κ1) is 12.0. The number of anilines is 1. The van der Waals surface area contributed by atoms with Gasteiger partial charge >= 0.3 is 0 Å². The van der Waals surface area contributed by atoms with Crippen LogP contribution in [0.15, 0.2) is 42.6 Å². The molecule has 3 nitrogen and oxygen atoms in total. The van der Waals surface area contributed by atoms with Crippen molar-refractivity contribution in [3.05, 3.63) is 59.0 Å². The van der Waals surface area contributed by atoms with Crippen molar-refractivity contribution in [1.82, 2.24) is 10.2 Å². The number of H-pyrrole nitrogens is 1. The molecule has 1 heterocycles. The van der Waals surface area contributed by atoms with Crippen molar-refractivity contribution >= 4 is 28.2 Å². The number of benzene rings is 2. The molecule has 3 aromatic rings. The molecule has 5 heteroatoms. The van der Waals surface area contributed by atoms with E-state index in [2.05, 4.69) is 15.5 Å². The van der Waals surface area contributed by atoms with E-state index in [1.807, 2.05) is 18.2 Å². The second-order valence-corrected chi connectivity index (χ2v) is 4.68. The van der Waals surface area contributed by atoms with Crippen LogP contribution in [0.2, 0.25) is 5.02 Å². The van der Waals surface area contributed by atoms with Gasteiger partial charge in [0.25, 0.3) is 0 Å². The van der Waals surface area contributed by atoms with E-state index in [0.29, 0.717) is 6.54 Å². The number of nitrogens with zero attached hydrogens (tertiary/aromatic N) is 1. The Balaban J connectivity index is 1.75. The lowest BCUT2D eigenvalue weighted by Gasteiger charge is -2.07. The second-order valence-electron chi connectivity index (χ2n) is 4.27. The SMILES string of the molecule is Fc1cc(CNc2ccc3cn[nH]c3c2)ccc1Cl. The Morgan fingerprint density at radius 3 is 2.95 bits per heavy atom. The third kappa shape index (κ3) is 2.53. The standard InChI is InChI=1S/C14H11ClFN3/c15-12-4-1-9(5-13(12)16)7-17-11-3-2-10-8-18-19-14(10)6-11/h1-6,8,17H,7H2,(H,18,19). The van der Waals surface area contributed by atoms with Crippen molar-refractivity contribution in [3.63, 3.8) is 0 Å². The molecule has 0 saturated heterocycles. The average Bonchev–Trinajstić information content (AvgIpc) is 2.87. The third-order valence-corrected chi connectivity index (χ3v) is 3.23. The van der Waals surface area contributed by atoms with Crippen LogP contribution in [0.5, 0.6) is 0 Å². The highest BCUT2D eigenvalue weighted by atomic mass is 35.5. The highest BCUT2D eigenvalue weighted by Gasteiger charge is 2.02. The van der Waals surface area contributed by atoms with Crippen LogP contribution >= 0.6 is 11.6 Å². The molecular formula is C14H11ClFN3. The van der Waals surface area contributed by atoms with Crippen molar-refractivity contribution in [2.45, 2.75) is 6.54 Å². The normalized spacial score (nSPS) is 10.8. The van der Waals surface area contributed by atoms with Gasteiger partial charge in [-0.05, 0) is 35.9 Å². The van der Waals surface area contributed by atoms with Crippen LogP contribution in [-0.4, -0.2) is 10.2 Å². The van der Waals surface area contributed by atoms with E-state index in [1.165, 1.54) is 6.07 Å². The van der Waals surface area contributed by atoms with Gasteiger partial charge in [-0.15, -0.1) is 0 Å². The van der Waals surface area contributed by atoms with Crippen LogP contribution in [-0.2, 0) is 6.54 Å². The molecule has 2 aromatic carbocycles. The van der Waals surface area contributed by atoms with Crippen LogP contribution in [0, 0.1) is 5.82 Å². The van der Waals surface area contributed by atoms with Crippen LogP contribution in [0.4, 0.5) is 10.1 Å². The number of nitrogens with one attached hydrogen (secondary N) is 2. The van der Waals surface area contributed by atoms with Crippen LogP contribution in [0.3, 0.4) is 0 Å². The third-order valence-electron chi connectivity index (χ3n) is 2.92. The van der Waals surface area contributed by atoms with Gasteiger partial charge in [0.15, 0.2) is 0 Å². The van der Waals surface area contributed by atoms with Gasteiger partial charge in [-0.25, -0.2) is 4.39 Å². The number of rotatable bonds is 3. The highest BCUT2D eigenvalue weighted by Crippen LogP contribution is 2.19. The predicted molar refractivity (Wildman–Crippen MR) is 74.8 cm³/mol. The monoisotopic (exact) mass is 275 g/mol. The average molecular weight is 276 g/mol. The Morgan fingerprint density at radius 2 is 2.11 bits per heavy atom. The first-order valence-electron chi connectivity index (χ1n) is 5.83. The highest BCUT2D eigenvalue weighted by molar-refractivity contribution is 6.30. The van der Waals surface area contributed by atoms with Crippen LogP contribution in [0.1, 0.15) is 5.56 Å². The topological polar surface area (TPSA) is 40.7 Å². The minimum Gasteiger partial charge on any atom is -0.381 e. The molecule has 0 amide bonds. The first-order valence-corrected chi connectivity index (χ1v) is 6.21. The first-order chi connectivity index (χ1) is 9.22. The number of hydrogen-bond acceptors (Lipinski definition) is 2.